The monoisotopic (exact) mass is 364 g/mol. The molecule has 0 aromatic heterocycles. The topological polar surface area (TPSA) is 85.9 Å². The molecule has 0 bridgehead atoms. The molecule has 7 nitrogen and oxygen atoms in total. The minimum atomic E-state index is -0.364. The van der Waals surface area contributed by atoms with Crippen LogP contribution in [0.2, 0.25) is 0 Å². The molecule has 134 valence electrons. The van der Waals surface area contributed by atoms with E-state index >= 15 is 0 Å². The molecule has 0 spiro atoms. The number of thioether (sulfide) groups is 1. The van der Waals surface area contributed by atoms with Gasteiger partial charge in [0.05, 0.1) is 43.8 Å². The highest BCUT2D eigenvalue weighted by atomic mass is 32.2. The van der Waals surface area contributed by atoms with E-state index in [0.29, 0.717) is 44.2 Å². The van der Waals surface area contributed by atoms with Crippen molar-refractivity contribution in [2.45, 2.75) is 6.10 Å². The molecule has 2 heterocycles. The second-order valence-corrected chi connectivity index (χ2v) is 6.46. The van der Waals surface area contributed by atoms with Gasteiger partial charge in [0.1, 0.15) is 0 Å². The maximum atomic E-state index is 12.5. The number of anilines is 1. The zero-order chi connectivity index (χ0) is 17.5. The van der Waals surface area contributed by atoms with Gasteiger partial charge in [0.2, 0.25) is 0 Å². The van der Waals surface area contributed by atoms with Crippen molar-refractivity contribution in [3.8, 4) is 0 Å². The molecule has 3 rings (SSSR count). The zero-order valence-corrected chi connectivity index (χ0v) is 14.5. The summed E-state index contributed by atoms with van der Waals surface area (Å²) < 4.78 is 16.1. The quantitative estimate of drug-likeness (QED) is 0.821. The lowest BCUT2D eigenvalue weighted by Gasteiger charge is -2.23. The van der Waals surface area contributed by atoms with Crippen LogP contribution in [-0.4, -0.2) is 56.6 Å². The van der Waals surface area contributed by atoms with Crippen LogP contribution in [0.15, 0.2) is 35.4 Å². The van der Waals surface area contributed by atoms with E-state index in [1.165, 1.54) is 11.8 Å². The van der Waals surface area contributed by atoms with Gasteiger partial charge in [-0.1, -0.05) is 12.1 Å². The molecule has 8 heteroatoms. The third-order valence-corrected chi connectivity index (χ3v) is 4.45. The van der Waals surface area contributed by atoms with Crippen LogP contribution >= 0.6 is 11.8 Å². The number of carbonyl (C=O) groups excluding carboxylic acids is 2. The second kappa shape index (κ2) is 8.89. The molecule has 1 aromatic rings. The summed E-state index contributed by atoms with van der Waals surface area (Å²) in [5.41, 5.74) is 0.822. The number of para-hydroxylation sites is 1. The molecule has 2 N–H and O–H groups in total. The first-order chi connectivity index (χ1) is 12.2. The lowest BCUT2D eigenvalue weighted by atomic mass is 10.1. The highest BCUT2D eigenvalue weighted by Crippen LogP contribution is 2.19. The summed E-state index contributed by atoms with van der Waals surface area (Å²) in [5.74, 6) is 0.441. The summed E-state index contributed by atoms with van der Waals surface area (Å²) in [4.78, 5) is 24.7. The smallest absolute Gasteiger partial charge is 0.291 e. The van der Waals surface area contributed by atoms with Crippen molar-refractivity contribution in [1.82, 2.24) is 5.32 Å². The molecular formula is C17H20N2O5S. The van der Waals surface area contributed by atoms with E-state index < -0.39 is 0 Å². The molecule has 0 saturated carbocycles. The fourth-order valence-electron chi connectivity index (χ4n) is 2.42. The van der Waals surface area contributed by atoms with Crippen LogP contribution in [0.3, 0.4) is 0 Å². The Labute approximate surface area is 150 Å². The molecule has 2 amide bonds. The fraction of sp³-hybridized carbons (Fsp3) is 0.412. The van der Waals surface area contributed by atoms with Gasteiger partial charge in [-0.3, -0.25) is 9.59 Å². The average Bonchev–Trinajstić information content (AvgIpc) is 2.68. The fourth-order valence-corrected chi connectivity index (χ4v) is 3.04. The summed E-state index contributed by atoms with van der Waals surface area (Å²) in [7, 11) is 0. The molecule has 1 fully saturated rings. The third kappa shape index (κ3) is 4.97. The van der Waals surface area contributed by atoms with E-state index in [2.05, 4.69) is 10.6 Å². The number of carbonyl (C=O) groups is 2. The average molecular weight is 364 g/mol. The van der Waals surface area contributed by atoms with E-state index in [4.69, 9.17) is 14.2 Å². The predicted molar refractivity (Wildman–Crippen MR) is 94.5 cm³/mol. The number of ether oxygens (including phenoxy) is 3. The summed E-state index contributed by atoms with van der Waals surface area (Å²) in [5, 5.41) is 7.24. The van der Waals surface area contributed by atoms with E-state index in [0.717, 1.165) is 5.75 Å². The van der Waals surface area contributed by atoms with Gasteiger partial charge in [-0.2, -0.15) is 0 Å². The van der Waals surface area contributed by atoms with Crippen LogP contribution < -0.4 is 10.6 Å². The first-order valence-electron chi connectivity index (χ1n) is 8.06. The summed E-state index contributed by atoms with van der Waals surface area (Å²) >= 11 is 1.52. The van der Waals surface area contributed by atoms with Gasteiger partial charge in [0.25, 0.3) is 11.8 Å². The van der Waals surface area contributed by atoms with Gasteiger partial charge in [0.15, 0.2) is 5.76 Å². The Morgan fingerprint density at radius 1 is 1.16 bits per heavy atom. The van der Waals surface area contributed by atoms with Gasteiger partial charge in [-0.05, 0) is 12.1 Å². The van der Waals surface area contributed by atoms with Gasteiger partial charge in [-0.25, -0.2) is 0 Å². The standard InChI is InChI=1S/C17H20N2O5S/c20-16(18-9-12-10-22-5-6-23-12)13-3-1-2-4-14(13)19-17(21)15-11-25-8-7-24-15/h1-4,11-12H,5-10H2,(H,18,20)(H,19,21)/t12-/m0/s1. The van der Waals surface area contributed by atoms with Crippen molar-refractivity contribution in [2.24, 2.45) is 0 Å². The highest BCUT2D eigenvalue weighted by molar-refractivity contribution is 8.02. The number of hydrogen-bond acceptors (Lipinski definition) is 6. The lowest BCUT2D eigenvalue weighted by molar-refractivity contribution is -0.116. The van der Waals surface area contributed by atoms with E-state index in [9.17, 15) is 9.59 Å². The first-order valence-corrected chi connectivity index (χ1v) is 9.11. The van der Waals surface area contributed by atoms with E-state index in [1.807, 2.05) is 0 Å². The van der Waals surface area contributed by atoms with E-state index in [1.54, 1.807) is 29.7 Å². The Hall–Kier alpha value is -2.03. The molecule has 2 aliphatic rings. The Kier molecular flexibility index (Phi) is 6.32. The Morgan fingerprint density at radius 3 is 2.80 bits per heavy atom. The minimum absolute atomic E-state index is 0.155. The van der Waals surface area contributed by atoms with Crippen molar-refractivity contribution in [2.75, 3.05) is 44.0 Å². The van der Waals surface area contributed by atoms with Crippen LogP contribution in [0, 0.1) is 0 Å². The zero-order valence-electron chi connectivity index (χ0n) is 13.7. The normalized spacial score (nSPS) is 20.2. The molecule has 0 aliphatic carbocycles. The summed E-state index contributed by atoms with van der Waals surface area (Å²) in [6, 6.07) is 6.85. The molecule has 2 aliphatic heterocycles. The number of nitrogens with one attached hydrogen (secondary N) is 2. The molecule has 0 radical (unpaired) electrons. The SMILES string of the molecule is O=C(Nc1ccccc1C(=O)NC[C@H]1COCCO1)C1=CSCCO1. The van der Waals surface area contributed by atoms with Gasteiger partial charge >= 0.3 is 0 Å². The van der Waals surface area contributed by atoms with Crippen LogP contribution in [-0.2, 0) is 19.0 Å². The predicted octanol–water partition coefficient (Wildman–Crippen LogP) is 1.38. The largest absolute Gasteiger partial charge is 0.487 e. The molecule has 0 unspecified atom stereocenters. The summed E-state index contributed by atoms with van der Waals surface area (Å²) in [6.45, 7) is 2.42. The van der Waals surface area contributed by atoms with E-state index in [-0.39, 0.29) is 23.7 Å². The molecule has 25 heavy (non-hydrogen) atoms. The van der Waals surface area contributed by atoms with Crippen LogP contribution in [0.25, 0.3) is 0 Å². The molecule has 1 saturated heterocycles. The van der Waals surface area contributed by atoms with Crippen molar-refractivity contribution in [1.29, 1.82) is 0 Å². The lowest BCUT2D eigenvalue weighted by Crippen LogP contribution is -2.39. The van der Waals surface area contributed by atoms with Crippen LogP contribution in [0.4, 0.5) is 5.69 Å². The van der Waals surface area contributed by atoms with Crippen molar-refractivity contribution < 1.29 is 23.8 Å². The number of amides is 2. The molecule has 1 atom stereocenters. The molecular weight excluding hydrogens is 344 g/mol. The summed E-state index contributed by atoms with van der Waals surface area (Å²) in [6.07, 6.45) is -0.155. The van der Waals surface area contributed by atoms with Crippen LogP contribution in [0.1, 0.15) is 10.4 Å². The Morgan fingerprint density at radius 2 is 2.04 bits per heavy atom. The first kappa shape index (κ1) is 17.8. The molecule has 1 aromatic carbocycles. The number of rotatable bonds is 5. The number of hydrogen-bond donors (Lipinski definition) is 2. The maximum absolute atomic E-state index is 12.5. The second-order valence-electron chi connectivity index (χ2n) is 5.48. The van der Waals surface area contributed by atoms with Gasteiger partial charge in [-0.15, -0.1) is 11.8 Å². The van der Waals surface area contributed by atoms with Gasteiger partial charge in [0, 0.05) is 17.7 Å². The van der Waals surface area contributed by atoms with Gasteiger partial charge < -0.3 is 24.8 Å². The number of benzene rings is 1. The van der Waals surface area contributed by atoms with Crippen LogP contribution in [0.5, 0.6) is 0 Å². The van der Waals surface area contributed by atoms with Crippen molar-refractivity contribution >= 4 is 29.3 Å². The third-order valence-electron chi connectivity index (χ3n) is 3.67. The highest BCUT2D eigenvalue weighted by Gasteiger charge is 2.20. The van der Waals surface area contributed by atoms with Crippen molar-refractivity contribution in [3.05, 3.63) is 41.0 Å². The minimum Gasteiger partial charge on any atom is -0.487 e. The maximum Gasteiger partial charge on any atom is 0.291 e. The Bertz CT molecular complexity index is 658. The van der Waals surface area contributed by atoms with Crippen molar-refractivity contribution in [3.63, 3.8) is 0 Å². The Balaban J connectivity index is 1.62.